The minimum absolute atomic E-state index is 0.138. The molecule has 0 spiro atoms. The van der Waals surface area contributed by atoms with Crippen LogP contribution in [0.4, 0.5) is 11.4 Å². The van der Waals surface area contributed by atoms with Crippen molar-refractivity contribution in [1.82, 2.24) is 0 Å². The van der Waals surface area contributed by atoms with E-state index in [2.05, 4.69) is 168 Å². The average Bonchev–Trinajstić information content (AvgIpc) is 3.48. The summed E-state index contributed by atoms with van der Waals surface area (Å²) in [6, 6.07) is 22.7. The van der Waals surface area contributed by atoms with Gasteiger partial charge >= 0.3 is 0 Å². The highest BCUT2D eigenvalue weighted by atomic mass is 79.9. The number of fused-ring (bicyclic) bond motifs is 6. The lowest BCUT2D eigenvalue weighted by atomic mass is 9.78. The highest BCUT2D eigenvalue weighted by molar-refractivity contribution is 9.10. The molecule has 0 N–H and O–H groups in total. The summed E-state index contributed by atoms with van der Waals surface area (Å²) in [5.74, 6) is 0. The van der Waals surface area contributed by atoms with Crippen molar-refractivity contribution in [1.29, 1.82) is 0 Å². The van der Waals surface area contributed by atoms with E-state index >= 15 is 0 Å². The lowest BCUT2D eigenvalue weighted by molar-refractivity contribution is -0.438. The number of allylic oxidation sites excluding steroid dienone is 8. The largest absolute Gasteiger partial charge is 0.344 e. The summed E-state index contributed by atoms with van der Waals surface area (Å²) in [7, 11) is 0. The highest BCUT2D eigenvalue weighted by Crippen LogP contribution is 2.51. The van der Waals surface area contributed by atoms with Gasteiger partial charge in [-0.3, -0.25) is 0 Å². The Hall–Kier alpha value is -2.92. The van der Waals surface area contributed by atoms with Crippen molar-refractivity contribution in [2.24, 2.45) is 0 Å². The van der Waals surface area contributed by atoms with E-state index in [0.29, 0.717) is 0 Å². The van der Waals surface area contributed by atoms with Gasteiger partial charge in [-0.1, -0.05) is 121 Å². The van der Waals surface area contributed by atoms with Gasteiger partial charge in [0, 0.05) is 61.4 Å². The third kappa shape index (κ3) is 7.18. The van der Waals surface area contributed by atoms with E-state index in [0.717, 1.165) is 46.3 Å². The first-order valence-electron chi connectivity index (χ1n) is 19.8. The zero-order valence-electron chi connectivity index (χ0n) is 32.4. The molecule has 0 unspecified atom stereocenters. The predicted octanol–water partition coefficient (Wildman–Crippen LogP) is 15.1. The predicted molar refractivity (Wildman–Crippen MR) is 238 cm³/mol. The third-order valence-corrected chi connectivity index (χ3v) is 13.4. The Labute approximate surface area is 339 Å². The molecule has 0 amide bonds. The average molecular weight is 854 g/mol. The van der Waals surface area contributed by atoms with E-state index in [9.17, 15) is 0 Å². The van der Waals surface area contributed by atoms with Crippen LogP contribution in [0.3, 0.4) is 0 Å². The molecule has 0 bridgehead atoms. The number of benzene rings is 4. The van der Waals surface area contributed by atoms with Gasteiger partial charge in [-0.2, -0.15) is 4.58 Å². The van der Waals surface area contributed by atoms with Gasteiger partial charge in [0.1, 0.15) is 6.54 Å². The molecule has 0 atom stereocenters. The Morgan fingerprint density at radius 3 is 2.09 bits per heavy atom. The van der Waals surface area contributed by atoms with Gasteiger partial charge in [-0.25, -0.2) is 0 Å². The Bertz CT molecular complexity index is 2230. The van der Waals surface area contributed by atoms with Crippen LogP contribution in [0.2, 0.25) is 0 Å². The van der Waals surface area contributed by atoms with Crippen LogP contribution in [0.25, 0.3) is 21.5 Å². The smallest absolute Gasteiger partial charge is 0.210 e. The van der Waals surface area contributed by atoms with Gasteiger partial charge in [0.05, 0.1) is 5.41 Å². The molecule has 1 aliphatic carbocycles. The maximum Gasteiger partial charge on any atom is 0.210 e. The molecule has 3 aliphatic rings. The van der Waals surface area contributed by atoms with Crippen LogP contribution in [0.1, 0.15) is 110 Å². The number of anilines is 1. The number of rotatable bonds is 11. The van der Waals surface area contributed by atoms with E-state index in [-0.39, 0.29) is 10.8 Å². The van der Waals surface area contributed by atoms with Crippen LogP contribution >= 0.6 is 43.5 Å². The molecular formula is C48H54Br2ClN2+. The molecule has 2 nitrogen and oxygen atoms in total. The second kappa shape index (κ2) is 15.7. The van der Waals surface area contributed by atoms with Crippen molar-refractivity contribution >= 4 is 82.1 Å². The molecule has 0 fully saturated rings. The molecule has 7 rings (SSSR count). The Kier molecular flexibility index (Phi) is 11.3. The Balaban J connectivity index is 1.26. The van der Waals surface area contributed by atoms with Crippen molar-refractivity contribution in [2.45, 2.75) is 110 Å². The van der Waals surface area contributed by atoms with E-state index in [4.69, 9.17) is 11.6 Å². The lowest BCUT2D eigenvalue weighted by Crippen LogP contribution is -2.28. The van der Waals surface area contributed by atoms with Crippen molar-refractivity contribution in [3.63, 3.8) is 0 Å². The lowest BCUT2D eigenvalue weighted by Gasteiger charge is -2.27. The number of hydrogen-bond acceptors (Lipinski definition) is 1. The summed E-state index contributed by atoms with van der Waals surface area (Å²) in [6.45, 7) is 16.2. The van der Waals surface area contributed by atoms with Crippen molar-refractivity contribution in [2.75, 3.05) is 18.0 Å². The van der Waals surface area contributed by atoms with Crippen LogP contribution in [0.15, 0.2) is 116 Å². The van der Waals surface area contributed by atoms with Gasteiger partial charge in [0.2, 0.25) is 5.69 Å². The fraction of sp³-hybridized carbons (Fsp3) is 0.396. The van der Waals surface area contributed by atoms with E-state index in [1.54, 1.807) is 0 Å². The highest BCUT2D eigenvalue weighted by Gasteiger charge is 2.45. The summed E-state index contributed by atoms with van der Waals surface area (Å²) >= 11 is 14.8. The summed E-state index contributed by atoms with van der Waals surface area (Å²) in [6.07, 6.45) is 19.8. The van der Waals surface area contributed by atoms with Crippen LogP contribution in [-0.4, -0.2) is 23.4 Å². The molecule has 276 valence electrons. The molecule has 0 saturated carbocycles. The van der Waals surface area contributed by atoms with E-state index < -0.39 is 0 Å². The zero-order chi connectivity index (χ0) is 37.5. The molecule has 53 heavy (non-hydrogen) atoms. The van der Waals surface area contributed by atoms with Crippen molar-refractivity contribution < 1.29 is 4.58 Å². The van der Waals surface area contributed by atoms with Crippen molar-refractivity contribution in [3.8, 4) is 0 Å². The van der Waals surface area contributed by atoms with Gasteiger partial charge in [-0.05, 0) is 127 Å². The second-order valence-electron chi connectivity index (χ2n) is 16.3. The Morgan fingerprint density at radius 1 is 0.736 bits per heavy atom. The maximum absolute atomic E-state index is 7.39. The van der Waals surface area contributed by atoms with Crippen LogP contribution in [0.5, 0.6) is 0 Å². The minimum atomic E-state index is -0.138. The SMILES string of the molecule is CCCCCN1/C(=C/C=C2\CCCC(/C=C/C3=[N+](CCCCC)c4ccc5cc(Br)ccc5c4C3(C)C)=C2Cl)C(C)(C)c2c1ccc1cc(Br)ccc21. The second-order valence-corrected chi connectivity index (χ2v) is 18.5. The third-order valence-electron chi connectivity index (χ3n) is 11.9. The summed E-state index contributed by atoms with van der Waals surface area (Å²) in [5.41, 5.74) is 10.5. The van der Waals surface area contributed by atoms with Crippen LogP contribution < -0.4 is 4.90 Å². The van der Waals surface area contributed by atoms with E-state index in [1.165, 1.54) is 105 Å². The standard InChI is InChI=1S/C48H54Br2ClN2/c1-7-9-11-28-52-40-24-16-34-30-36(49)20-22-38(34)44(40)47(3,4)42(52)26-18-32-14-13-15-33(46(32)51)19-27-43-48(5,6)45-39-23-21-37(50)31-35(39)17-25-41(45)53(43)29-12-10-8-2/h16-27,30-31H,7-15,28-29H2,1-6H3/q+1. The molecule has 4 aromatic carbocycles. The fourth-order valence-corrected chi connectivity index (χ4v) is 10.3. The fourth-order valence-electron chi connectivity index (χ4n) is 9.22. The normalized spacial score (nSPS) is 19.5. The molecule has 0 saturated heterocycles. The van der Waals surface area contributed by atoms with Gasteiger partial charge in [0.15, 0.2) is 5.71 Å². The molecule has 4 aromatic rings. The molecule has 0 radical (unpaired) electrons. The molecule has 2 heterocycles. The first-order valence-corrected chi connectivity index (χ1v) is 21.8. The molecular weight excluding hydrogens is 800 g/mol. The van der Waals surface area contributed by atoms with Gasteiger partial charge in [-0.15, -0.1) is 0 Å². The number of hydrogen-bond donors (Lipinski definition) is 0. The number of halogens is 3. The topological polar surface area (TPSA) is 6.25 Å². The summed E-state index contributed by atoms with van der Waals surface area (Å²) < 4.78 is 4.84. The summed E-state index contributed by atoms with van der Waals surface area (Å²) in [5, 5.41) is 6.17. The quantitative estimate of drug-likeness (QED) is 0.108. The molecule has 2 aliphatic heterocycles. The molecule has 5 heteroatoms. The zero-order valence-corrected chi connectivity index (χ0v) is 36.3. The van der Waals surface area contributed by atoms with Gasteiger partial charge < -0.3 is 4.90 Å². The van der Waals surface area contributed by atoms with E-state index in [1.807, 2.05) is 0 Å². The first kappa shape index (κ1) is 38.4. The summed E-state index contributed by atoms with van der Waals surface area (Å²) in [4.78, 5) is 2.59. The minimum Gasteiger partial charge on any atom is -0.344 e. The number of unbranched alkanes of at least 4 members (excludes halogenated alkanes) is 4. The van der Waals surface area contributed by atoms with Crippen molar-refractivity contribution in [3.05, 3.63) is 127 Å². The maximum atomic E-state index is 7.39. The van der Waals surface area contributed by atoms with Crippen LogP contribution in [0, 0.1) is 0 Å². The first-order chi connectivity index (χ1) is 25.5. The van der Waals surface area contributed by atoms with Gasteiger partial charge in [0.25, 0.3) is 0 Å². The van der Waals surface area contributed by atoms with Crippen LogP contribution in [-0.2, 0) is 10.8 Å². The monoisotopic (exact) mass is 851 g/mol. The number of nitrogens with zero attached hydrogens (tertiary/aromatic N) is 2. The Morgan fingerprint density at radius 2 is 1.40 bits per heavy atom. The molecule has 0 aromatic heterocycles.